The van der Waals surface area contributed by atoms with Gasteiger partial charge in [-0.25, -0.2) is 4.99 Å². The first-order chi connectivity index (χ1) is 11.5. The summed E-state index contributed by atoms with van der Waals surface area (Å²) in [5.74, 6) is -0.107. The maximum Gasteiger partial charge on any atom is 0.264 e. The predicted molar refractivity (Wildman–Crippen MR) is 103 cm³/mol. The Morgan fingerprint density at radius 2 is 1.79 bits per heavy atom. The molecule has 0 bridgehead atoms. The maximum absolute atomic E-state index is 12.2. The van der Waals surface area contributed by atoms with E-state index < -0.39 is 0 Å². The smallest absolute Gasteiger partial charge is 0.264 e. The summed E-state index contributed by atoms with van der Waals surface area (Å²) >= 11 is 1.37. The van der Waals surface area contributed by atoms with E-state index in [4.69, 9.17) is 0 Å². The second-order valence-corrected chi connectivity index (χ2v) is 6.78. The first kappa shape index (κ1) is 16.3. The molecule has 3 rings (SSSR count). The van der Waals surface area contributed by atoms with Gasteiger partial charge >= 0.3 is 0 Å². The molecular formula is C19H19N3OS. The fourth-order valence-electron chi connectivity index (χ4n) is 2.30. The summed E-state index contributed by atoms with van der Waals surface area (Å²) in [7, 11) is 4.00. The molecule has 24 heavy (non-hydrogen) atoms. The van der Waals surface area contributed by atoms with Crippen LogP contribution in [0.1, 0.15) is 11.1 Å². The second-order valence-electron chi connectivity index (χ2n) is 5.75. The zero-order chi connectivity index (χ0) is 17.1. The Bertz CT molecular complexity index is 823. The lowest BCUT2D eigenvalue weighted by molar-refractivity contribution is -0.115. The van der Waals surface area contributed by atoms with Gasteiger partial charge in [-0.3, -0.25) is 4.79 Å². The number of aliphatic imine (C=N–C) groups is 1. The molecule has 5 heteroatoms. The van der Waals surface area contributed by atoms with Gasteiger partial charge in [-0.2, -0.15) is 0 Å². The SMILES string of the molecule is Cc1ccccc1N=C1NC(=O)/C(=C/c2ccc(N(C)C)cc2)S1. The van der Waals surface area contributed by atoms with Gasteiger partial charge in [0, 0.05) is 19.8 Å². The van der Waals surface area contributed by atoms with Crippen molar-refractivity contribution in [2.45, 2.75) is 6.92 Å². The number of anilines is 1. The number of hydrogen-bond acceptors (Lipinski definition) is 4. The highest BCUT2D eigenvalue weighted by Gasteiger charge is 2.23. The van der Waals surface area contributed by atoms with Gasteiger partial charge < -0.3 is 10.2 Å². The summed E-state index contributed by atoms with van der Waals surface area (Å²) in [6, 6.07) is 15.9. The van der Waals surface area contributed by atoms with Crippen LogP contribution in [0.2, 0.25) is 0 Å². The summed E-state index contributed by atoms with van der Waals surface area (Å²) in [6.07, 6.45) is 1.89. The monoisotopic (exact) mass is 337 g/mol. The molecule has 4 nitrogen and oxygen atoms in total. The van der Waals surface area contributed by atoms with Gasteiger partial charge in [-0.15, -0.1) is 0 Å². The van der Waals surface area contributed by atoms with E-state index in [1.54, 1.807) is 0 Å². The Labute approximate surface area is 146 Å². The molecule has 0 aromatic heterocycles. The predicted octanol–water partition coefficient (Wildman–Crippen LogP) is 3.95. The van der Waals surface area contributed by atoms with Crippen LogP contribution < -0.4 is 10.2 Å². The molecule has 1 aliphatic heterocycles. The van der Waals surface area contributed by atoms with Gasteiger partial charge in [0.05, 0.1) is 10.6 Å². The first-order valence-electron chi connectivity index (χ1n) is 7.65. The van der Waals surface area contributed by atoms with Crippen molar-refractivity contribution >= 4 is 40.3 Å². The Morgan fingerprint density at radius 1 is 1.08 bits per heavy atom. The highest BCUT2D eigenvalue weighted by molar-refractivity contribution is 8.18. The van der Waals surface area contributed by atoms with Crippen LogP contribution in [0.5, 0.6) is 0 Å². The number of thioether (sulfide) groups is 1. The Balaban J connectivity index is 1.81. The van der Waals surface area contributed by atoms with E-state index in [1.807, 2.05) is 80.5 Å². The number of nitrogens with zero attached hydrogens (tertiary/aromatic N) is 2. The average Bonchev–Trinajstić information content (AvgIpc) is 2.90. The van der Waals surface area contributed by atoms with Crippen LogP contribution >= 0.6 is 11.8 Å². The number of para-hydroxylation sites is 1. The molecule has 0 saturated carbocycles. The standard InChI is InChI=1S/C19H19N3OS/c1-13-6-4-5-7-16(13)20-19-21-18(23)17(24-19)12-14-8-10-15(11-9-14)22(2)3/h4-12H,1-3H3,(H,20,21,23)/b17-12-. The van der Waals surface area contributed by atoms with Gasteiger partial charge in [-0.05, 0) is 54.1 Å². The fraction of sp³-hybridized carbons (Fsp3) is 0.158. The third-order valence-electron chi connectivity index (χ3n) is 3.70. The van der Waals surface area contributed by atoms with Crippen molar-refractivity contribution in [1.29, 1.82) is 0 Å². The van der Waals surface area contributed by atoms with E-state index in [0.717, 1.165) is 22.5 Å². The lowest BCUT2D eigenvalue weighted by atomic mass is 10.2. The van der Waals surface area contributed by atoms with Crippen molar-refractivity contribution in [3.63, 3.8) is 0 Å². The van der Waals surface area contributed by atoms with Crippen LogP contribution in [-0.2, 0) is 4.79 Å². The number of nitrogens with one attached hydrogen (secondary N) is 1. The molecule has 1 amide bonds. The summed E-state index contributed by atoms with van der Waals surface area (Å²) in [6.45, 7) is 2.00. The largest absolute Gasteiger partial charge is 0.378 e. The van der Waals surface area contributed by atoms with E-state index in [1.165, 1.54) is 11.8 Å². The molecular weight excluding hydrogens is 318 g/mol. The van der Waals surface area contributed by atoms with Crippen molar-refractivity contribution in [1.82, 2.24) is 5.32 Å². The third-order valence-corrected chi connectivity index (χ3v) is 4.61. The van der Waals surface area contributed by atoms with Crippen LogP contribution in [0.25, 0.3) is 6.08 Å². The quantitative estimate of drug-likeness (QED) is 0.863. The molecule has 1 N–H and O–H groups in total. The van der Waals surface area contributed by atoms with E-state index >= 15 is 0 Å². The Morgan fingerprint density at radius 3 is 2.46 bits per heavy atom. The lowest BCUT2D eigenvalue weighted by Gasteiger charge is -2.11. The van der Waals surface area contributed by atoms with E-state index in [9.17, 15) is 4.79 Å². The minimum Gasteiger partial charge on any atom is -0.378 e. The number of aryl methyl sites for hydroxylation is 1. The normalized spacial score (nSPS) is 17.4. The molecule has 1 fully saturated rings. The Kier molecular flexibility index (Phi) is 4.71. The van der Waals surface area contributed by atoms with Crippen LogP contribution in [0.15, 0.2) is 58.4 Å². The van der Waals surface area contributed by atoms with Gasteiger partial charge in [0.2, 0.25) is 0 Å². The minimum absolute atomic E-state index is 0.107. The van der Waals surface area contributed by atoms with Crippen molar-refractivity contribution in [2.75, 3.05) is 19.0 Å². The third kappa shape index (κ3) is 3.68. The molecule has 122 valence electrons. The van der Waals surface area contributed by atoms with E-state index in [-0.39, 0.29) is 5.91 Å². The van der Waals surface area contributed by atoms with Gasteiger partial charge in [0.15, 0.2) is 5.17 Å². The number of amides is 1. The fourth-order valence-corrected chi connectivity index (χ4v) is 3.13. The zero-order valence-corrected chi connectivity index (χ0v) is 14.7. The molecule has 0 radical (unpaired) electrons. The summed E-state index contributed by atoms with van der Waals surface area (Å²) < 4.78 is 0. The number of carbonyl (C=O) groups is 1. The van der Waals surface area contributed by atoms with Gasteiger partial charge in [0.1, 0.15) is 0 Å². The Hall–Kier alpha value is -2.53. The molecule has 0 unspecified atom stereocenters. The van der Waals surface area contributed by atoms with Gasteiger partial charge in [0.25, 0.3) is 5.91 Å². The second kappa shape index (κ2) is 6.93. The van der Waals surface area contributed by atoms with Crippen LogP contribution in [0.4, 0.5) is 11.4 Å². The molecule has 1 saturated heterocycles. The highest BCUT2D eigenvalue weighted by Crippen LogP contribution is 2.29. The van der Waals surface area contributed by atoms with Crippen molar-refractivity contribution in [2.24, 2.45) is 4.99 Å². The van der Waals surface area contributed by atoms with Gasteiger partial charge in [-0.1, -0.05) is 30.3 Å². The van der Waals surface area contributed by atoms with Crippen LogP contribution in [0, 0.1) is 6.92 Å². The minimum atomic E-state index is -0.107. The molecule has 2 aromatic rings. The van der Waals surface area contributed by atoms with Crippen molar-refractivity contribution < 1.29 is 4.79 Å². The number of benzene rings is 2. The number of carbonyl (C=O) groups excluding carboxylic acids is 1. The molecule has 0 atom stereocenters. The van der Waals surface area contributed by atoms with E-state index in [0.29, 0.717) is 10.1 Å². The average molecular weight is 337 g/mol. The first-order valence-corrected chi connectivity index (χ1v) is 8.47. The molecule has 0 spiro atoms. The van der Waals surface area contributed by atoms with Crippen LogP contribution in [0.3, 0.4) is 0 Å². The maximum atomic E-state index is 12.2. The molecule has 2 aromatic carbocycles. The summed E-state index contributed by atoms with van der Waals surface area (Å²) in [4.78, 5) is 19.4. The number of rotatable bonds is 3. The summed E-state index contributed by atoms with van der Waals surface area (Å²) in [5.41, 5.74) is 4.08. The zero-order valence-electron chi connectivity index (χ0n) is 13.9. The summed E-state index contributed by atoms with van der Waals surface area (Å²) in [5, 5.41) is 3.44. The number of hydrogen-bond donors (Lipinski definition) is 1. The van der Waals surface area contributed by atoms with Crippen molar-refractivity contribution in [3.8, 4) is 0 Å². The lowest BCUT2D eigenvalue weighted by Crippen LogP contribution is -2.19. The highest BCUT2D eigenvalue weighted by atomic mass is 32.2. The topological polar surface area (TPSA) is 44.7 Å². The number of amidine groups is 1. The van der Waals surface area contributed by atoms with Crippen molar-refractivity contribution in [3.05, 3.63) is 64.6 Å². The molecule has 1 aliphatic rings. The van der Waals surface area contributed by atoms with E-state index in [2.05, 4.69) is 10.3 Å². The molecule has 0 aliphatic carbocycles. The molecule has 1 heterocycles. The van der Waals surface area contributed by atoms with Crippen LogP contribution in [-0.4, -0.2) is 25.2 Å².